The fourth-order valence-corrected chi connectivity index (χ4v) is 2.88. The molecule has 0 amide bonds. The van der Waals surface area contributed by atoms with E-state index in [2.05, 4.69) is 17.2 Å². The number of halogens is 2. The van der Waals surface area contributed by atoms with E-state index < -0.39 is 23.6 Å². The van der Waals surface area contributed by atoms with Crippen LogP contribution in [0.4, 0.5) is 20.2 Å². The minimum absolute atomic E-state index is 0.0649. The quantitative estimate of drug-likeness (QED) is 0.512. The van der Waals surface area contributed by atoms with Crippen LogP contribution in [0.15, 0.2) is 36.4 Å². The minimum atomic E-state index is -1.26. The number of carboxylic acids is 2. The molecule has 6 nitrogen and oxygen atoms in total. The molecule has 0 unspecified atom stereocenters. The molecule has 0 heterocycles. The number of carboxylic acid groups (broad SMARTS) is 2. The van der Waals surface area contributed by atoms with Gasteiger partial charge in [0.1, 0.15) is 11.6 Å². The normalized spacial score (nSPS) is 10.4. The second-order valence-electron chi connectivity index (χ2n) is 6.19. The largest absolute Gasteiger partial charge is 0.478 e. The lowest BCUT2D eigenvalue weighted by atomic mass is 9.96. The molecule has 0 aliphatic carbocycles. The molecule has 0 atom stereocenters. The third-order valence-corrected chi connectivity index (χ3v) is 4.25. The summed E-state index contributed by atoms with van der Waals surface area (Å²) in [6, 6.07) is 4.62. The maximum absolute atomic E-state index is 14.3. The minimum Gasteiger partial charge on any atom is -0.478 e. The van der Waals surface area contributed by atoms with Gasteiger partial charge in [-0.15, -0.1) is 0 Å². The lowest BCUT2D eigenvalue weighted by Gasteiger charge is -2.13. The highest BCUT2D eigenvalue weighted by Gasteiger charge is 2.17. The van der Waals surface area contributed by atoms with Gasteiger partial charge >= 0.3 is 11.9 Å². The Bertz CT molecular complexity index is 882. The number of rotatable bonds is 8. The van der Waals surface area contributed by atoms with E-state index in [4.69, 9.17) is 10.2 Å². The van der Waals surface area contributed by atoms with Gasteiger partial charge in [0.15, 0.2) is 0 Å². The van der Waals surface area contributed by atoms with Gasteiger partial charge in [0.05, 0.1) is 11.1 Å². The van der Waals surface area contributed by atoms with Crippen molar-refractivity contribution in [3.8, 4) is 0 Å². The monoisotopic (exact) mass is 390 g/mol. The zero-order chi connectivity index (χ0) is 21.0. The van der Waals surface area contributed by atoms with Crippen LogP contribution in [-0.2, 0) is 12.8 Å². The first-order chi connectivity index (χ1) is 13.2. The lowest BCUT2D eigenvalue weighted by Crippen LogP contribution is -2.08. The zero-order valence-corrected chi connectivity index (χ0v) is 15.4. The fourth-order valence-electron chi connectivity index (χ4n) is 2.88. The maximum atomic E-state index is 14.3. The number of carbonyl (C=O) groups is 2. The van der Waals surface area contributed by atoms with Crippen molar-refractivity contribution in [2.45, 2.75) is 12.8 Å². The topological polar surface area (TPSA) is 98.7 Å². The number of benzene rings is 2. The SMILES string of the molecule is C=C(Cc1cc(NC)c(C(=O)O)cc1F)Cc1cc(NC)c(C(=O)O)cc1F. The van der Waals surface area contributed by atoms with Crippen molar-refractivity contribution >= 4 is 23.3 Å². The van der Waals surface area contributed by atoms with Crippen molar-refractivity contribution in [1.82, 2.24) is 0 Å². The van der Waals surface area contributed by atoms with Crippen LogP contribution in [0.3, 0.4) is 0 Å². The molecule has 0 spiro atoms. The van der Waals surface area contributed by atoms with Gasteiger partial charge in [-0.2, -0.15) is 0 Å². The smallest absolute Gasteiger partial charge is 0.337 e. The molecule has 148 valence electrons. The summed E-state index contributed by atoms with van der Waals surface area (Å²) in [5.74, 6) is -3.91. The van der Waals surface area contributed by atoms with Crippen molar-refractivity contribution in [1.29, 1.82) is 0 Å². The number of nitrogens with one attached hydrogen (secondary N) is 2. The molecule has 0 fully saturated rings. The van der Waals surface area contributed by atoms with Crippen LogP contribution >= 0.6 is 0 Å². The standard InChI is InChI=1S/C20H20F2N2O4/c1-10(4-11-6-17(23-2)13(19(25)26)8-15(11)21)5-12-7-18(24-3)14(20(27)28)9-16(12)22/h6-9,23-24H,1,4-5H2,2-3H3,(H,25,26)(H,27,28). The van der Waals surface area contributed by atoms with E-state index in [0.717, 1.165) is 12.1 Å². The van der Waals surface area contributed by atoms with E-state index in [9.17, 15) is 18.4 Å². The van der Waals surface area contributed by atoms with Gasteiger partial charge in [0.25, 0.3) is 0 Å². The van der Waals surface area contributed by atoms with Crippen LogP contribution < -0.4 is 10.6 Å². The van der Waals surface area contributed by atoms with Crippen LogP contribution in [0.5, 0.6) is 0 Å². The molecule has 2 aromatic carbocycles. The van der Waals surface area contributed by atoms with Crippen LogP contribution in [0.1, 0.15) is 31.8 Å². The molecular weight excluding hydrogens is 370 g/mol. The van der Waals surface area contributed by atoms with Crippen LogP contribution in [-0.4, -0.2) is 36.2 Å². The summed E-state index contributed by atoms with van der Waals surface area (Å²) in [5, 5.41) is 23.6. The van der Waals surface area contributed by atoms with Crippen molar-refractivity contribution in [3.05, 3.63) is 70.3 Å². The summed E-state index contributed by atoms with van der Waals surface area (Å²) >= 11 is 0. The molecular formula is C20H20F2N2O4. The van der Waals surface area contributed by atoms with Crippen molar-refractivity contribution in [2.75, 3.05) is 24.7 Å². The molecule has 0 saturated heterocycles. The molecule has 8 heteroatoms. The van der Waals surface area contributed by atoms with Gasteiger partial charge in [0.2, 0.25) is 0 Å². The number of hydrogen-bond acceptors (Lipinski definition) is 4. The second-order valence-corrected chi connectivity index (χ2v) is 6.19. The summed E-state index contributed by atoms with van der Waals surface area (Å²) in [6.45, 7) is 3.85. The van der Waals surface area contributed by atoms with Gasteiger partial charge in [-0.25, -0.2) is 18.4 Å². The molecule has 0 aliphatic rings. The third kappa shape index (κ3) is 4.46. The summed E-state index contributed by atoms with van der Waals surface area (Å²) in [7, 11) is 3.05. The number of hydrogen-bond donors (Lipinski definition) is 4. The maximum Gasteiger partial charge on any atom is 0.337 e. The van der Waals surface area contributed by atoms with Gasteiger partial charge in [-0.05, 0) is 48.2 Å². The van der Waals surface area contributed by atoms with Crippen molar-refractivity contribution < 1.29 is 28.6 Å². The Morgan fingerprint density at radius 3 is 1.50 bits per heavy atom. The summed E-state index contributed by atoms with van der Waals surface area (Å²) in [5.41, 5.74) is 1.04. The van der Waals surface area contributed by atoms with Crippen molar-refractivity contribution in [3.63, 3.8) is 0 Å². The van der Waals surface area contributed by atoms with E-state index >= 15 is 0 Å². The molecule has 0 aliphatic heterocycles. The highest BCUT2D eigenvalue weighted by Crippen LogP contribution is 2.26. The first-order valence-corrected chi connectivity index (χ1v) is 8.31. The highest BCUT2D eigenvalue weighted by molar-refractivity contribution is 5.95. The van der Waals surface area contributed by atoms with E-state index in [1.54, 1.807) is 0 Å². The molecule has 28 heavy (non-hydrogen) atoms. The van der Waals surface area contributed by atoms with E-state index in [1.165, 1.54) is 26.2 Å². The second kappa shape index (κ2) is 8.51. The predicted octanol–water partition coefficient (Wildman–Crippen LogP) is 3.79. The molecule has 0 saturated carbocycles. The van der Waals surface area contributed by atoms with Gasteiger partial charge in [0, 0.05) is 25.5 Å². The molecule has 2 rings (SSSR count). The zero-order valence-electron chi connectivity index (χ0n) is 15.4. The average Bonchev–Trinajstić information content (AvgIpc) is 2.63. The Kier molecular flexibility index (Phi) is 6.35. The molecule has 0 radical (unpaired) electrons. The molecule has 4 N–H and O–H groups in total. The first-order valence-electron chi connectivity index (χ1n) is 8.31. The summed E-state index contributed by atoms with van der Waals surface area (Å²) in [6.07, 6.45) is 0.130. The summed E-state index contributed by atoms with van der Waals surface area (Å²) in [4.78, 5) is 22.3. The fraction of sp³-hybridized carbons (Fsp3) is 0.200. The molecule has 0 aromatic heterocycles. The van der Waals surface area contributed by atoms with Crippen LogP contribution in [0.2, 0.25) is 0 Å². The molecule has 2 aromatic rings. The molecule has 0 bridgehead atoms. The predicted molar refractivity (Wildman–Crippen MR) is 102 cm³/mol. The van der Waals surface area contributed by atoms with Gasteiger partial charge in [-0.3, -0.25) is 0 Å². The number of allylic oxidation sites excluding steroid dienone is 1. The highest BCUT2D eigenvalue weighted by atomic mass is 19.1. The Hall–Kier alpha value is -3.42. The number of aromatic carboxylic acids is 2. The third-order valence-electron chi connectivity index (χ3n) is 4.25. The van der Waals surface area contributed by atoms with E-state index in [-0.39, 0.29) is 46.5 Å². The Morgan fingerprint density at radius 2 is 1.21 bits per heavy atom. The van der Waals surface area contributed by atoms with Gasteiger partial charge in [-0.1, -0.05) is 12.2 Å². The Balaban J connectivity index is 2.28. The van der Waals surface area contributed by atoms with E-state index in [0.29, 0.717) is 5.57 Å². The first kappa shape index (κ1) is 20.9. The van der Waals surface area contributed by atoms with Crippen LogP contribution in [0, 0.1) is 11.6 Å². The van der Waals surface area contributed by atoms with Crippen LogP contribution in [0.25, 0.3) is 0 Å². The Labute approximate surface area is 160 Å². The average molecular weight is 390 g/mol. The lowest BCUT2D eigenvalue weighted by molar-refractivity contribution is 0.0686. The Morgan fingerprint density at radius 1 is 0.857 bits per heavy atom. The van der Waals surface area contributed by atoms with E-state index in [1.807, 2.05) is 0 Å². The van der Waals surface area contributed by atoms with Gasteiger partial charge < -0.3 is 20.8 Å². The summed E-state index contributed by atoms with van der Waals surface area (Å²) < 4.78 is 28.6. The number of anilines is 2. The van der Waals surface area contributed by atoms with Crippen molar-refractivity contribution in [2.24, 2.45) is 0 Å².